The molecule has 0 bridgehead atoms. The summed E-state index contributed by atoms with van der Waals surface area (Å²) in [6.07, 6.45) is -1.26. The highest BCUT2D eigenvalue weighted by atomic mass is 31.2. The molecule has 7 heteroatoms. The molecular weight excluding hydrogens is 314 g/mol. The van der Waals surface area contributed by atoms with Crippen LogP contribution in [0.3, 0.4) is 0 Å². The van der Waals surface area contributed by atoms with E-state index >= 15 is 0 Å². The number of unbranched alkanes of at least 4 members (excludes halogenated alkanes) is 4. The maximum absolute atomic E-state index is 12.0. The lowest BCUT2D eigenvalue weighted by Crippen LogP contribution is -2.33. The summed E-state index contributed by atoms with van der Waals surface area (Å²) in [5.74, 6) is 0. The minimum Gasteiger partial charge on any atom is -0.325 e. The fraction of sp³-hybridized carbons (Fsp3) is 1.00. The quantitative estimate of drug-likeness (QED) is 0.325. The molecule has 0 saturated carbocycles. The fourth-order valence-electron chi connectivity index (χ4n) is 2.29. The van der Waals surface area contributed by atoms with E-state index in [4.69, 9.17) is 9.05 Å². The van der Waals surface area contributed by atoms with Crippen LogP contribution >= 0.6 is 8.53 Å². The van der Waals surface area contributed by atoms with Gasteiger partial charge in [-0.2, -0.15) is 13.2 Å². The van der Waals surface area contributed by atoms with Crippen LogP contribution in [0.1, 0.15) is 66.2 Å². The zero-order valence-electron chi connectivity index (χ0n) is 14.4. The normalized spacial score (nSPS) is 14.3. The molecule has 0 rings (SSSR count). The van der Waals surface area contributed by atoms with E-state index in [1.54, 1.807) is 7.11 Å². The summed E-state index contributed by atoms with van der Waals surface area (Å²) in [4.78, 5) is 0. The van der Waals surface area contributed by atoms with Crippen LogP contribution in [0.25, 0.3) is 0 Å². The number of halogens is 3. The van der Waals surface area contributed by atoms with Crippen molar-refractivity contribution in [1.82, 2.24) is 4.67 Å². The largest absolute Gasteiger partial charge is 0.389 e. The van der Waals surface area contributed by atoms with E-state index in [9.17, 15) is 13.2 Å². The van der Waals surface area contributed by atoms with Gasteiger partial charge in [-0.3, -0.25) is 0 Å². The Kier molecular flexibility index (Phi) is 11.7. The summed E-state index contributed by atoms with van der Waals surface area (Å²) in [5, 5.41) is 0. The fourth-order valence-corrected chi connectivity index (χ4v) is 3.75. The van der Waals surface area contributed by atoms with E-state index in [1.807, 2.05) is 0 Å². The maximum atomic E-state index is 12.0. The second kappa shape index (κ2) is 11.6. The molecule has 3 nitrogen and oxygen atoms in total. The highest BCUT2D eigenvalue weighted by molar-refractivity contribution is 7.44. The second-order valence-electron chi connectivity index (χ2n) is 5.95. The molecule has 0 heterocycles. The van der Waals surface area contributed by atoms with Crippen molar-refractivity contribution in [1.29, 1.82) is 0 Å². The van der Waals surface area contributed by atoms with Crippen LogP contribution in [0.15, 0.2) is 0 Å². The van der Waals surface area contributed by atoms with Crippen molar-refractivity contribution in [2.45, 2.75) is 84.5 Å². The average Bonchev–Trinajstić information content (AvgIpc) is 2.37. The van der Waals surface area contributed by atoms with Crippen LogP contribution in [0.2, 0.25) is 0 Å². The Balaban J connectivity index is 3.79. The van der Waals surface area contributed by atoms with Gasteiger partial charge in [-0.05, 0) is 40.5 Å². The van der Waals surface area contributed by atoms with Gasteiger partial charge >= 0.3 is 6.18 Å². The third-order valence-corrected chi connectivity index (χ3v) is 5.23. The molecule has 0 N–H and O–H groups in total. The highest BCUT2D eigenvalue weighted by Gasteiger charge is 2.26. The standard InChI is InChI=1S/C15H31F3NO2P/c1-13(2)19(14(3)4)22(20-5)21-12-10-8-6-7-9-11-15(16,17)18/h13-14H,6-12H2,1-5H3. The van der Waals surface area contributed by atoms with Crippen molar-refractivity contribution >= 4 is 8.53 Å². The first-order valence-corrected chi connectivity index (χ1v) is 9.14. The summed E-state index contributed by atoms with van der Waals surface area (Å²) in [6.45, 7) is 9.03. The molecule has 0 aliphatic rings. The molecule has 0 saturated heterocycles. The first-order valence-electron chi connectivity index (χ1n) is 8.01. The Morgan fingerprint density at radius 2 is 1.41 bits per heavy atom. The lowest BCUT2D eigenvalue weighted by Gasteiger charge is -2.34. The molecule has 0 aromatic rings. The minimum atomic E-state index is -4.02. The van der Waals surface area contributed by atoms with E-state index in [1.165, 1.54) is 0 Å². The van der Waals surface area contributed by atoms with Gasteiger partial charge in [-0.1, -0.05) is 19.3 Å². The molecule has 1 atom stereocenters. The molecule has 1 unspecified atom stereocenters. The van der Waals surface area contributed by atoms with Gasteiger partial charge in [0.2, 0.25) is 0 Å². The van der Waals surface area contributed by atoms with E-state index in [-0.39, 0.29) is 6.42 Å². The number of nitrogens with zero attached hydrogens (tertiary/aromatic N) is 1. The van der Waals surface area contributed by atoms with Gasteiger partial charge in [0.05, 0.1) is 6.61 Å². The molecule has 22 heavy (non-hydrogen) atoms. The number of rotatable bonds is 12. The molecule has 0 aliphatic carbocycles. The second-order valence-corrected chi connectivity index (χ2v) is 7.51. The SMILES string of the molecule is COP(OCCCCCCCC(F)(F)F)N(C(C)C)C(C)C. The van der Waals surface area contributed by atoms with Crippen LogP contribution in [0.5, 0.6) is 0 Å². The topological polar surface area (TPSA) is 21.7 Å². The van der Waals surface area contributed by atoms with Crippen LogP contribution < -0.4 is 0 Å². The van der Waals surface area contributed by atoms with Crippen molar-refractivity contribution in [2.75, 3.05) is 13.7 Å². The molecule has 0 aliphatic heterocycles. The Morgan fingerprint density at radius 1 is 0.909 bits per heavy atom. The summed E-state index contributed by atoms with van der Waals surface area (Å²) < 4.78 is 49.4. The molecule has 0 aromatic heterocycles. The van der Waals surface area contributed by atoms with E-state index in [0.717, 1.165) is 19.3 Å². The van der Waals surface area contributed by atoms with Crippen molar-refractivity contribution < 1.29 is 22.2 Å². The van der Waals surface area contributed by atoms with Crippen molar-refractivity contribution in [3.05, 3.63) is 0 Å². The molecule has 0 fully saturated rings. The number of hydrogen-bond donors (Lipinski definition) is 0. The van der Waals surface area contributed by atoms with E-state index < -0.39 is 21.1 Å². The van der Waals surface area contributed by atoms with Gasteiger partial charge in [-0.15, -0.1) is 0 Å². The highest BCUT2D eigenvalue weighted by Crippen LogP contribution is 2.45. The Hall–Kier alpha value is 0.100. The summed E-state index contributed by atoms with van der Waals surface area (Å²) in [7, 11) is 0.594. The first kappa shape index (κ1) is 22.1. The maximum Gasteiger partial charge on any atom is 0.389 e. The predicted octanol–water partition coefficient (Wildman–Crippen LogP) is 5.90. The number of alkyl halides is 3. The van der Waals surface area contributed by atoms with Crippen LogP contribution in [-0.4, -0.2) is 36.6 Å². The van der Waals surface area contributed by atoms with E-state index in [2.05, 4.69) is 32.4 Å². The van der Waals surface area contributed by atoms with Gasteiger partial charge in [0, 0.05) is 25.6 Å². The first-order chi connectivity index (χ1) is 10.2. The van der Waals surface area contributed by atoms with E-state index in [0.29, 0.717) is 25.1 Å². The van der Waals surface area contributed by atoms with Crippen LogP contribution in [0.4, 0.5) is 13.2 Å². The Bertz CT molecular complexity index is 268. The minimum absolute atomic E-state index is 0.226. The number of hydrogen-bond acceptors (Lipinski definition) is 3. The van der Waals surface area contributed by atoms with Crippen LogP contribution in [0, 0.1) is 0 Å². The lowest BCUT2D eigenvalue weighted by molar-refractivity contribution is -0.135. The molecule has 134 valence electrons. The average molecular weight is 345 g/mol. The zero-order valence-corrected chi connectivity index (χ0v) is 15.3. The molecule has 0 spiro atoms. The van der Waals surface area contributed by atoms with Gasteiger partial charge in [0.1, 0.15) is 0 Å². The predicted molar refractivity (Wildman–Crippen MR) is 85.7 cm³/mol. The lowest BCUT2D eigenvalue weighted by atomic mass is 10.1. The molecule has 0 aromatic carbocycles. The van der Waals surface area contributed by atoms with Gasteiger partial charge in [0.25, 0.3) is 8.53 Å². The van der Waals surface area contributed by atoms with Gasteiger partial charge in [0.15, 0.2) is 0 Å². The smallest absolute Gasteiger partial charge is 0.325 e. The third-order valence-electron chi connectivity index (χ3n) is 3.21. The van der Waals surface area contributed by atoms with Gasteiger partial charge < -0.3 is 9.05 Å². The van der Waals surface area contributed by atoms with Crippen LogP contribution in [-0.2, 0) is 9.05 Å². The molecule has 0 amide bonds. The van der Waals surface area contributed by atoms with Crippen molar-refractivity contribution in [2.24, 2.45) is 0 Å². The molecular formula is C15H31F3NO2P. The summed E-state index contributed by atoms with van der Waals surface area (Å²) >= 11 is 0. The summed E-state index contributed by atoms with van der Waals surface area (Å²) in [6, 6.07) is 0.682. The third kappa shape index (κ3) is 10.8. The van der Waals surface area contributed by atoms with Gasteiger partial charge in [-0.25, -0.2) is 4.67 Å². The zero-order chi connectivity index (χ0) is 17.2. The van der Waals surface area contributed by atoms with Crippen molar-refractivity contribution in [3.63, 3.8) is 0 Å². The monoisotopic (exact) mass is 345 g/mol. The Morgan fingerprint density at radius 3 is 1.86 bits per heavy atom. The summed E-state index contributed by atoms with van der Waals surface area (Å²) in [5.41, 5.74) is 0. The molecule has 0 radical (unpaired) electrons. The van der Waals surface area contributed by atoms with Crippen molar-refractivity contribution in [3.8, 4) is 0 Å². The Labute approximate surface area is 134 Å².